The lowest BCUT2D eigenvalue weighted by molar-refractivity contribution is -0.132. The molecule has 1 fully saturated rings. The molecule has 0 radical (unpaired) electrons. The van der Waals surface area contributed by atoms with Crippen LogP contribution < -0.4 is 16.0 Å². The first-order chi connectivity index (χ1) is 16.4. The van der Waals surface area contributed by atoms with Gasteiger partial charge in [-0.1, -0.05) is 0 Å². The third kappa shape index (κ3) is 6.56. The molecular weight excluding hydrogens is 476 g/mol. The van der Waals surface area contributed by atoms with E-state index >= 15 is 0 Å². The van der Waals surface area contributed by atoms with Crippen LogP contribution in [0.2, 0.25) is 0 Å². The molecular formula is C22H24F4N4O5. The number of nitrogens with one attached hydrogen (secondary N) is 4. The molecule has 35 heavy (non-hydrogen) atoms. The van der Waals surface area contributed by atoms with Gasteiger partial charge in [-0.15, -0.1) is 0 Å². The van der Waals surface area contributed by atoms with Crippen LogP contribution in [-0.2, 0) is 14.4 Å². The molecule has 0 aliphatic carbocycles. The molecule has 3 atom stereocenters. The van der Waals surface area contributed by atoms with Crippen molar-refractivity contribution >= 4 is 34.4 Å². The van der Waals surface area contributed by atoms with E-state index in [1.807, 2.05) is 0 Å². The maximum Gasteiger partial charge on any atom is 0.268 e. The van der Waals surface area contributed by atoms with Gasteiger partial charge in [-0.05, 0) is 31.9 Å². The first-order valence-electron chi connectivity index (χ1n) is 10.8. The second-order valence-electron chi connectivity index (χ2n) is 8.53. The minimum atomic E-state index is -3.41. The zero-order chi connectivity index (χ0) is 25.9. The number of aromatic nitrogens is 1. The molecule has 0 spiro atoms. The Morgan fingerprint density at radius 2 is 1.89 bits per heavy atom. The number of amides is 3. The number of aliphatic hydroxyl groups excluding tert-OH is 1. The van der Waals surface area contributed by atoms with Gasteiger partial charge in [0.05, 0.1) is 11.6 Å². The number of H-pyrrole nitrogens is 1. The van der Waals surface area contributed by atoms with Crippen LogP contribution in [0.15, 0.2) is 18.2 Å². The minimum Gasteiger partial charge on any atom is -0.389 e. The van der Waals surface area contributed by atoms with Gasteiger partial charge in [0, 0.05) is 30.3 Å². The van der Waals surface area contributed by atoms with E-state index in [4.69, 9.17) is 0 Å². The molecule has 1 saturated heterocycles. The standard InChI is InChI=1S/C22H24F4N4O5/c1-22(25,26)8-16(21(35)29-14(17(32)9-31)5-10-2-3-27-19(10)33)30-20(34)15-6-11-4-12(23)7-13(24)18(11)28-15/h4,6-7,10,14,16,28,31H,2-3,5,8-9H2,1H3,(H,27,33)(H,29,35)(H,30,34)/t10-,14-,16-/m0/s1. The number of rotatable bonds is 10. The van der Waals surface area contributed by atoms with Gasteiger partial charge in [0.15, 0.2) is 5.78 Å². The van der Waals surface area contributed by atoms with E-state index in [0.29, 0.717) is 26.0 Å². The lowest BCUT2D eigenvalue weighted by atomic mass is 9.95. The average Bonchev–Trinajstić information content (AvgIpc) is 3.37. The second kappa shape index (κ2) is 10.4. The van der Waals surface area contributed by atoms with Crippen LogP contribution in [0.4, 0.5) is 17.6 Å². The SMILES string of the molecule is CC(F)(F)C[C@H](NC(=O)c1cc2cc(F)cc(F)c2[nH]1)C(=O)N[C@@H](C[C@@H]1CCNC1=O)C(=O)CO. The van der Waals surface area contributed by atoms with Crippen molar-refractivity contribution in [2.45, 2.75) is 44.2 Å². The summed E-state index contributed by atoms with van der Waals surface area (Å²) in [5, 5.41) is 16.2. The summed E-state index contributed by atoms with van der Waals surface area (Å²) >= 11 is 0. The largest absolute Gasteiger partial charge is 0.389 e. The number of fused-ring (bicyclic) bond motifs is 1. The zero-order valence-corrected chi connectivity index (χ0v) is 18.6. The maximum absolute atomic E-state index is 13.9. The fourth-order valence-corrected chi connectivity index (χ4v) is 3.90. The molecule has 3 amide bonds. The fourth-order valence-electron chi connectivity index (χ4n) is 3.90. The molecule has 1 aliphatic rings. The molecule has 2 heterocycles. The van der Waals surface area contributed by atoms with Crippen molar-refractivity contribution in [2.24, 2.45) is 5.92 Å². The molecule has 5 N–H and O–H groups in total. The highest BCUT2D eigenvalue weighted by Gasteiger charge is 2.36. The average molecular weight is 500 g/mol. The number of Topliss-reactive ketones (excluding diaryl/α,β-unsaturated/α-hetero) is 1. The Bertz CT molecular complexity index is 1150. The molecule has 0 saturated carbocycles. The predicted octanol–water partition coefficient (Wildman–Crippen LogP) is 1.16. The lowest BCUT2D eigenvalue weighted by Crippen LogP contribution is -2.54. The number of aromatic amines is 1. The summed E-state index contributed by atoms with van der Waals surface area (Å²) in [5.41, 5.74) is -0.505. The maximum atomic E-state index is 13.9. The molecule has 2 aromatic rings. The molecule has 1 aromatic carbocycles. The number of ketones is 1. The van der Waals surface area contributed by atoms with E-state index in [9.17, 15) is 41.8 Å². The van der Waals surface area contributed by atoms with Gasteiger partial charge in [0.25, 0.3) is 5.91 Å². The first kappa shape index (κ1) is 26.1. The summed E-state index contributed by atoms with van der Waals surface area (Å²) in [4.78, 5) is 51.9. The van der Waals surface area contributed by atoms with Gasteiger partial charge in [0.2, 0.25) is 17.7 Å². The Morgan fingerprint density at radius 3 is 2.49 bits per heavy atom. The number of hydrogen-bond donors (Lipinski definition) is 5. The van der Waals surface area contributed by atoms with Gasteiger partial charge in [-0.25, -0.2) is 17.6 Å². The van der Waals surface area contributed by atoms with Crippen molar-refractivity contribution in [1.29, 1.82) is 0 Å². The van der Waals surface area contributed by atoms with Gasteiger partial charge < -0.3 is 26.0 Å². The van der Waals surface area contributed by atoms with E-state index < -0.39 is 66.2 Å². The molecule has 1 aliphatic heterocycles. The summed E-state index contributed by atoms with van der Waals surface area (Å²) in [6.45, 7) is -0.0651. The van der Waals surface area contributed by atoms with E-state index in [0.717, 1.165) is 12.1 Å². The molecule has 13 heteroatoms. The van der Waals surface area contributed by atoms with Crippen molar-refractivity contribution in [2.75, 3.05) is 13.2 Å². The van der Waals surface area contributed by atoms with Crippen molar-refractivity contribution in [3.8, 4) is 0 Å². The number of alkyl halides is 2. The fraction of sp³-hybridized carbons (Fsp3) is 0.455. The van der Waals surface area contributed by atoms with Gasteiger partial charge in [-0.2, -0.15) is 0 Å². The number of hydrogen-bond acceptors (Lipinski definition) is 5. The van der Waals surface area contributed by atoms with Gasteiger partial charge in [0.1, 0.15) is 30.0 Å². The van der Waals surface area contributed by atoms with Crippen LogP contribution in [0.25, 0.3) is 10.9 Å². The normalized spacial score (nSPS) is 17.7. The third-order valence-electron chi connectivity index (χ3n) is 5.62. The molecule has 0 unspecified atom stereocenters. The van der Waals surface area contributed by atoms with Crippen LogP contribution in [0.5, 0.6) is 0 Å². The zero-order valence-electron chi connectivity index (χ0n) is 18.6. The summed E-state index contributed by atoms with van der Waals surface area (Å²) in [5.74, 6) is -9.27. The number of halogens is 4. The summed E-state index contributed by atoms with van der Waals surface area (Å²) in [7, 11) is 0. The number of benzene rings is 1. The van der Waals surface area contributed by atoms with Crippen molar-refractivity contribution in [3.63, 3.8) is 0 Å². The molecule has 3 rings (SSSR count). The topological polar surface area (TPSA) is 140 Å². The van der Waals surface area contributed by atoms with E-state index in [-0.39, 0.29) is 28.9 Å². The Hall–Kier alpha value is -3.48. The van der Waals surface area contributed by atoms with E-state index in [1.54, 1.807) is 0 Å². The van der Waals surface area contributed by atoms with Gasteiger partial charge in [-0.3, -0.25) is 19.2 Å². The smallest absolute Gasteiger partial charge is 0.268 e. The number of aliphatic hydroxyl groups is 1. The highest BCUT2D eigenvalue weighted by molar-refractivity contribution is 6.01. The Balaban J connectivity index is 1.79. The van der Waals surface area contributed by atoms with Crippen molar-refractivity contribution in [1.82, 2.24) is 20.9 Å². The van der Waals surface area contributed by atoms with Crippen LogP contribution >= 0.6 is 0 Å². The Morgan fingerprint density at radius 1 is 1.17 bits per heavy atom. The molecule has 1 aromatic heterocycles. The molecule has 9 nitrogen and oxygen atoms in total. The first-order valence-corrected chi connectivity index (χ1v) is 10.8. The van der Waals surface area contributed by atoms with Gasteiger partial charge >= 0.3 is 0 Å². The second-order valence-corrected chi connectivity index (χ2v) is 8.53. The van der Waals surface area contributed by atoms with Crippen LogP contribution in [0.3, 0.4) is 0 Å². The summed E-state index contributed by atoms with van der Waals surface area (Å²) in [6, 6.07) is -0.539. The summed E-state index contributed by atoms with van der Waals surface area (Å²) in [6.07, 6.45) is -0.917. The highest BCUT2D eigenvalue weighted by Crippen LogP contribution is 2.23. The quantitative estimate of drug-likeness (QED) is 0.312. The van der Waals surface area contributed by atoms with Crippen molar-refractivity contribution in [3.05, 3.63) is 35.5 Å². The summed E-state index contributed by atoms with van der Waals surface area (Å²) < 4.78 is 55.0. The molecule has 0 bridgehead atoms. The number of carbonyl (C=O) groups excluding carboxylic acids is 4. The highest BCUT2D eigenvalue weighted by atomic mass is 19.3. The monoisotopic (exact) mass is 500 g/mol. The van der Waals surface area contributed by atoms with Crippen LogP contribution in [0.1, 0.15) is 36.7 Å². The predicted molar refractivity (Wildman–Crippen MR) is 114 cm³/mol. The lowest BCUT2D eigenvalue weighted by Gasteiger charge is -2.25. The number of carbonyl (C=O) groups is 4. The van der Waals surface area contributed by atoms with Crippen LogP contribution in [-0.4, -0.2) is 64.8 Å². The minimum absolute atomic E-state index is 0.0120. The molecule has 190 valence electrons. The Labute approximate surface area is 196 Å². The Kier molecular flexibility index (Phi) is 7.78. The third-order valence-corrected chi connectivity index (χ3v) is 5.62. The van der Waals surface area contributed by atoms with E-state index in [1.165, 1.54) is 0 Å². The van der Waals surface area contributed by atoms with Crippen LogP contribution in [0, 0.1) is 17.6 Å². The van der Waals surface area contributed by atoms with E-state index in [2.05, 4.69) is 20.9 Å². The van der Waals surface area contributed by atoms with Crippen molar-refractivity contribution < 1.29 is 41.8 Å².